The zero-order valence-electron chi connectivity index (χ0n) is 22.1. The van der Waals surface area contributed by atoms with E-state index < -0.39 is 11.7 Å². The van der Waals surface area contributed by atoms with Gasteiger partial charge in [0.15, 0.2) is 0 Å². The summed E-state index contributed by atoms with van der Waals surface area (Å²) in [5.74, 6) is 1.73. The first kappa shape index (κ1) is 26.4. The van der Waals surface area contributed by atoms with Gasteiger partial charge in [0.2, 0.25) is 11.9 Å². The first-order valence-electron chi connectivity index (χ1n) is 13.6. The summed E-state index contributed by atoms with van der Waals surface area (Å²) in [7, 11) is 0. The molecule has 2 saturated heterocycles. The van der Waals surface area contributed by atoms with Crippen LogP contribution in [0.15, 0.2) is 48.5 Å². The van der Waals surface area contributed by atoms with Crippen molar-refractivity contribution in [3.8, 4) is 0 Å². The SMILES string of the molecule is CC(C)CCn1c(N2CCC(C(=O)N3CCN(c4cccc(C(F)(F)F)c4)CC3)CC2)nc2ccccc21. The van der Waals surface area contributed by atoms with E-state index in [1.54, 1.807) is 6.07 Å². The maximum absolute atomic E-state index is 13.3. The summed E-state index contributed by atoms with van der Waals surface area (Å²) in [6, 6.07) is 13.7. The van der Waals surface area contributed by atoms with Crippen LogP contribution in [0.5, 0.6) is 0 Å². The second kappa shape index (κ2) is 10.9. The summed E-state index contributed by atoms with van der Waals surface area (Å²) >= 11 is 0. The molecule has 2 fully saturated rings. The number of aryl methyl sites for hydroxylation is 1. The van der Waals surface area contributed by atoms with Crippen LogP contribution in [0.1, 0.15) is 38.7 Å². The van der Waals surface area contributed by atoms with Gasteiger partial charge in [0, 0.05) is 57.4 Å². The van der Waals surface area contributed by atoms with E-state index >= 15 is 0 Å². The monoisotopic (exact) mass is 527 g/mol. The molecule has 0 radical (unpaired) electrons. The number of hydrogen-bond acceptors (Lipinski definition) is 4. The Morgan fingerprint density at radius 1 is 0.947 bits per heavy atom. The summed E-state index contributed by atoms with van der Waals surface area (Å²) in [4.78, 5) is 24.4. The standard InChI is InChI=1S/C29H36F3N5O/c1-21(2)10-15-37-26-9-4-3-8-25(26)33-28(37)36-13-11-22(12-14-36)27(38)35-18-16-34(17-19-35)24-7-5-6-23(20-24)29(30,31)32/h3-9,20-22H,10-19H2,1-2H3. The molecule has 0 bridgehead atoms. The number of nitrogens with zero attached hydrogens (tertiary/aromatic N) is 5. The third kappa shape index (κ3) is 5.61. The maximum Gasteiger partial charge on any atom is 0.416 e. The van der Waals surface area contributed by atoms with Crippen LogP contribution in [0.25, 0.3) is 11.0 Å². The first-order valence-corrected chi connectivity index (χ1v) is 13.6. The molecular formula is C29H36F3N5O. The van der Waals surface area contributed by atoms with Crippen molar-refractivity contribution >= 4 is 28.6 Å². The fraction of sp³-hybridized carbons (Fsp3) is 0.517. The number of imidazole rings is 1. The minimum Gasteiger partial charge on any atom is -0.368 e. The van der Waals surface area contributed by atoms with Crippen LogP contribution in [0, 0.1) is 11.8 Å². The van der Waals surface area contributed by atoms with Crippen molar-refractivity contribution in [2.24, 2.45) is 11.8 Å². The second-order valence-electron chi connectivity index (χ2n) is 10.9. The molecule has 5 rings (SSSR count). The van der Waals surface area contributed by atoms with Crippen LogP contribution in [-0.4, -0.2) is 59.6 Å². The van der Waals surface area contributed by atoms with Gasteiger partial charge < -0.3 is 19.3 Å². The Hall–Kier alpha value is -3.23. The van der Waals surface area contributed by atoms with Gasteiger partial charge in [-0.2, -0.15) is 13.2 Å². The molecule has 0 N–H and O–H groups in total. The smallest absolute Gasteiger partial charge is 0.368 e. The average molecular weight is 528 g/mol. The Balaban J connectivity index is 1.19. The van der Waals surface area contributed by atoms with Crippen molar-refractivity contribution in [2.75, 3.05) is 49.1 Å². The zero-order valence-corrected chi connectivity index (χ0v) is 22.1. The number of carbonyl (C=O) groups excluding carboxylic acids is 1. The number of piperidine rings is 1. The van der Waals surface area contributed by atoms with Gasteiger partial charge in [-0.25, -0.2) is 4.98 Å². The zero-order chi connectivity index (χ0) is 26.9. The molecule has 2 aromatic carbocycles. The molecule has 3 heterocycles. The Kier molecular flexibility index (Phi) is 7.54. The maximum atomic E-state index is 13.3. The highest BCUT2D eigenvalue weighted by atomic mass is 19.4. The van der Waals surface area contributed by atoms with E-state index in [4.69, 9.17) is 4.98 Å². The molecule has 0 aliphatic carbocycles. The molecule has 1 aromatic heterocycles. The summed E-state index contributed by atoms with van der Waals surface area (Å²) in [5.41, 5.74) is 2.07. The molecule has 0 atom stereocenters. The van der Waals surface area contributed by atoms with Gasteiger partial charge in [0.1, 0.15) is 0 Å². The predicted molar refractivity (Wildman–Crippen MR) is 144 cm³/mol. The number of alkyl halides is 3. The van der Waals surface area contributed by atoms with E-state index in [0.717, 1.165) is 61.9 Å². The fourth-order valence-electron chi connectivity index (χ4n) is 5.56. The number of halogens is 3. The lowest BCUT2D eigenvalue weighted by molar-refractivity contribution is -0.137. The van der Waals surface area contributed by atoms with Crippen molar-refractivity contribution < 1.29 is 18.0 Å². The molecule has 3 aromatic rings. The van der Waals surface area contributed by atoms with Gasteiger partial charge in [0.25, 0.3) is 0 Å². The topological polar surface area (TPSA) is 44.6 Å². The lowest BCUT2D eigenvalue weighted by Crippen LogP contribution is -2.51. The Labute approximate surface area is 222 Å². The van der Waals surface area contributed by atoms with Gasteiger partial charge in [-0.1, -0.05) is 32.0 Å². The van der Waals surface area contributed by atoms with Gasteiger partial charge in [0.05, 0.1) is 16.6 Å². The summed E-state index contributed by atoms with van der Waals surface area (Å²) in [5, 5.41) is 0. The largest absolute Gasteiger partial charge is 0.416 e. The van der Waals surface area contributed by atoms with Crippen LogP contribution in [0.2, 0.25) is 0 Å². The molecule has 204 valence electrons. The van der Waals surface area contributed by atoms with Gasteiger partial charge in [-0.05, 0) is 55.5 Å². The minimum atomic E-state index is -4.36. The van der Waals surface area contributed by atoms with Gasteiger partial charge >= 0.3 is 6.18 Å². The normalized spacial score (nSPS) is 17.6. The molecule has 6 nitrogen and oxygen atoms in total. The number of hydrogen-bond donors (Lipinski definition) is 0. The second-order valence-corrected chi connectivity index (χ2v) is 10.9. The summed E-state index contributed by atoms with van der Waals surface area (Å²) < 4.78 is 41.7. The lowest BCUT2D eigenvalue weighted by atomic mass is 9.95. The highest BCUT2D eigenvalue weighted by molar-refractivity contribution is 5.80. The van der Waals surface area contributed by atoms with Crippen LogP contribution < -0.4 is 9.80 Å². The van der Waals surface area contributed by atoms with Gasteiger partial charge in [-0.3, -0.25) is 4.79 Å². The molecule has 0 spiro atoms. The lowest BCUT2D eigenvalue weighted by Gasteiger charge is -2.39. The van der Waals surface area contributed by atoms with Crippen LogP contribution in [0.4, 0.5) is 24.8 Å². The van der Waals surface area contributed by atoms with E-state index in [1.165, 1.54) is 12.1 Å². The molecule has 9 heteroatoms. The Morgan fingerprint density at radius 2 is 1.66 bits per heavy atom. The van der Waals surface area contributed by atoms with Crippen LogP contribution in [-0.2, 0) is 17.5 Å². The molecule has 2 aliphatic heterocycles. The molecule has 1 amide bonds. The van der Waals surface area contributed by atoms with E-state index in [1.807, 2.05) is 15.9 Å². The number of amides is 1. The molecule has 2 aliphatic rings. The molecule has 0 saturated carbocycles. The van der Waals surface area contributed by atoms with Crippen molar-refractivity contribution in [1.82, 2.24) is 14.5 Å². The molecule has 38 heavy (non-hydrogen) atoms. The highest BCUT2D eigenvalue weighted by Crippen LogP contribution is 2.32. The van der Waals surface area contributed by atoms with E-state index in [2.05, 4.69) is 41.5 Å². The fourth-order valence-corrected chi connectivity index (χ4v) is 5.56. The Morgan fingerprint density at radius 3 is 2.34 bits per heavy atom. The minimum absolute atomic E-state index is 0.0279. The van der Waals surface area contributed by atoms with Gasteiger partial charge in [-0.15, -0.1) is 0 Å². The number of benzene rings is 2. The quantitative estimate of drug-likeness (QED) is 0.415. The first-order chi connectivity index (χ1) is 18.2. The van der Waals surface area contributed by atoms with Crippen molar-refractivity contribution in [2.45, 2.75) is 45.8 Å². The number of piperazine rings is 1. The predicted octanol–water partition coefficient (Wildman–Crippen LogP) is 5.67. The molecule has 0 unspecified atom stereocenters. The number of rotatable bonds is 6. The summed E-state index contributed by atoms with van der Waals surface area (Å²) in [6.07, 6.45) is -1.73. The van der Waals surface area contributed by atoms with E-state index in [-0.39, 0.29) is 11.8 Å². The third-order valence-corrected chi connectivity index (χ3v) is 7.82. The number of para-hydroxylation sites is 2. The van der Waals surface area contributed by atoms with Crippen LogP contribution in [0.3, 0.4) is 0 Å². The van der Waals surface area contributed by atoms with Crippen molar-refractivity contribution in [3.63, 3.8) is 0 Å². The molecular weight excluding hydrogens is 491 g/mol. The number of anilines is 2. The Bertz CT molecular complexity index is 1250. The number of aromatic nitrogens is 2. The van der Waals surface area contributed by atoms with E-state index in [0.29, 0.717) is 37.8 Å². The third-order valence-electron chi connectivity index (χ3n) is 7.82. The average Bonchev–Trinajstić information content (AvgIpc) is 3.30. The summed E-state index contributed by atoms with van der Waals surface area (Å²) in [6.45, 7) is 9.07. The highest BCUT2D eigenvalue weighted by Gasteiger charge is 2.33. The number of carbonyl (C=O) groups is 1. The van der Waals surface area contributed by atoms with E-state index in [9.17, 15) is 18.0 Å². The van der Waals surface area contributed by atoms with Crippen molar-refractivity contribution in [1.29, 1.82) is 0 Å². The number of fused-ring (bicyclic) bond motifs is 1. The van der Waals surface area contributed by atoms with Crippen molar-refractivity contribution in [3.05, 3.63) is 54.1 Å². The van der Waals surface area contributed by atoms with Crippen LogP contribution >= 0.6 is 0 Å².